The van der Waals surface area contributed by atoms with Crippen LogP contribution < -0.4 is 5.32 Å². The Morgan fingerprint density at radius 1 is 0.909 bits per heavy atom. The normalized spacial score (nSPS) is 19.0. The maximum absolute atomic E-state index is 5.57. The minimum atomic E-state index is -0.0315. The van der Waals surface area contributed by atoms with Gasteiger partial charge in [-0.2, -0.15) is 0 Å². The van der Waals surface area contributed by atoms with E-state index in [9.17, 15) is 0 Å². The van der Waals surface area contributed by atoms with Gasteiger partial charge in [0, 0.05) is 19.2 Å². The Balaban J connectivity index is 1.69. The fourth-order valence-corrected chi connectivity index (χ4v) is 2.04. The first-order chi connectivity index (χ1) is 10.8. The van der Waals surface area contributed by atoms with Gasteiger partial charge < -0.3 is 29.0 Å². The highest BCUT2D eigenvalue weighted by Gasteiger charge is 2.13. The van der Waals surface area contributed by atoms with Crippen LogP contribution in [-0.4, -0.2) is 71.7 Å². The quantitative estimate of drug-likeness (QED) is 0.491. The zero-order valence-electron chi connectivity index (χ0n) is 14.2. The molecule has 0 saturated carbocycles. The zero-order chi connectivity index (χ0) is 15.9. The molecule has 1 rings (SSSR count). The Morgan fingerprint density at radius 2 is 1.55 bits per heavy atom. The molecule has 1 atom stereocenters. The van der Waals surface area contributed by atoms with Crippen molar-refractivity contribution in [3.8, 4) is 0 Å². The van der Waals surface area contributed by atoms with Crippen molar-refractivity contribution >= 4 is 0 Å². The summed E-state index contributed by atoms with van der Waals surface area (Å²) < 4.78 is 27.3. The van der Waals surface area contributed by atoms with Gasteiger partial charge in [-0.15, -0.1) is 0 Å². The van der Waals surface area contributed by atoms with Gasteiger partial charge in [-0.05, 0) is 19.3 Å². The molecule has 6 nitrogen and oxygen atoms in total. The van der Waals surface area contributed by atoms with Crippen molar-refractivity contribution < 1.29 is 23.7 Å². The van der Waals surface area contributed by atoms with E-state index >= 15 is 0 Å². The molecule has 0 spiro atoms. The van der Waals surface area contributed by atoms with Crippen LogP contribution in [0, 0.1) is 0 Å². The minimum absolute atomic E-state index is 0.0315. The predicted octanol–water partition coefficient (Wildman–Crippen LogP) is 1.58. The van der Waals surface area contributed by atoms with E-state index < -0.39 is 0 Å². The van der Waals surface area contributed by atoms with Crippen LogP contribution in [0.5, 0.6) is 0 Å². The fourth-order valence-electron chi connectivity index (χ4n) is 2.04. The van der Waals surface area contributed by atoms with Crippen LogP contribution in [0.1, 0.15) is 33.1 Å². The van der Waals surface area contributed by atoms with Crippen molar-refractivity contribution in [2.45, 2.75) is 45.4 Å². The maximum atomic E-state index is 5.57. The third-order valence-corrected chi connectivity index (χ3v) is 3.21. The van der Waals surface area contributed by atoms with Crippen molar-refractivity contribution in [1.29, 1.82) is 0 Å². The van der Waals surface area contributed by atoms with E-state index in [1.807, 2.05) is 0 Å². The van der Waals surface area contributed by atoms with Gasteiger partial charge in [-0.3, -0.25) is 0 Å². The molecule has 0 aromatic rings. The summed E-state index contributed by atoms with van der Waals surface area (Å²) in [5.74, 6) is 0. The van der Waals surface area contributed by atoms with E-state index in [4.69, 9.17) is 23.7 Å². The molecule has 0 aromatic heterocycles. The van der Waals surface area contributed by atoms with Gasteiger partial charge in [0.05, 0.1) is 46.2 Å². The minimum Gasteiger partial charge on any atom is -0.378 e. The molecule has 1 heterocycles. The first-order valence-corrected chi connectivity index (χ1v) is 8.49. The topological polar surface area (TPSA) is 58.2 Å². The summed E-state index contributed by atoms with van der Waals surface area (Å²) in [5, 5.41) is 3.29. The summed E-state index contributed by atoms with van der Waals surface area (Å²) in [6.07, 6.45) is 3.30. The van der Waals surface area contributed by atoms with Crippen molar-refractivity contribution in [2.24, 2.45) is 0 Å². The Bertz CT molecular complexity index is 235. The molecule has 1 unspecified atom stereocenters. The average Bonchev–Trinajstić information content (AvgIpc) is 2.52. The lowest BCUT2D eigenvalue weighted by atomic mass is 10.2. The first kappa shape index (κ1) is 19.8. The average molecular weight is 319 g/mol. The Hall–Kier alpha value is -0.240. The van der Waals surface area contributed by atoms with Crippen LogP contribution in [-0.2, 0) is 23.7 Å². The third kappa shape index (κ3) is 12.3. The third-order valence-electron chi connectivity index (χ3n) is 3.21. The molecule has 1 fully saturated rings. The van der Waals surface area contributed by atoms with Crippen LogP contribution in [0.2, 0.25) is 0 Å². The molecule has 0 bridgehead atoms. The van der Waals surface area contributed by atoms with E-state index in [0.717, 1.165) is 32.6 Å². The van der Waals surface area contributed by atoms with E-state index in [2.05, 4.69) is 19.2 Å². The molecule has 1 aliphatic heterocycles. The van der Waals surface area contributed by atoms with E-state index in [1.165, 1.54) is 6.42 Å². The van der Waals surface area contributed by atoms with Crippen LogP contribution in [0.15, 0.2) is 0 Å². The summed E-state index contributed by atoms with van der Waals surface area (Å²) in [6, 6.07) is 0.505. The van der Waals surface area contributed by atoms with E-state index in [0.29, 0.717) is 45.7 Å². The van der Waals surface area contributed by atoms with Gasteiger partial charge in [0.2, 0.25) is 0 Å². The highest BCUT2D eigenvalue weighted by molar-refractivity contribution is 4.53. The number of nitrogens with one attached hydrogen (secondary N) is 1. The van der Waals surface area contributed by atoms with Crippen molar-refractivity contribution in [3.63, 3.8) is 0 Å². The maximum Gasteiger partial charge on any atom is 0.157 e. The number of ether oxygens (including phenoxy) is 5. The molecule has 6 heteroatoms. The lowest BCUT2D eigenvalue weighted by Gasteiger charge is -2.22. The molecule has 1 saturated heterocycles. The largest absolute Gasteiger partial charge is 0.378 e. The number of hydrogen-bond donors (Lipinski definition) is 1. The van der Waals surface area contributed by atoms with Crippen molar-refractivity contribution in [3.05, 3.63) is 0 Å². The van der Waals surface area contributed by atoms with E-state index in [1.54, 1.807) is 0 Å². The summed E-state index contributed by atoms with van der Waals surface area (Å²) in [7, 11) is 0. The smallest absolute Gasteiger partial charge is 0.157 e. The van der Waals surface area contributed by atoms with Gasteiger partial charge in [-0.1, -0.05) is 13.8 Å². The second-order valence-electron chi connectivity index (χ2n) is 5.61. The van der Waals surface area contributed by atoms with Crippen molar-refractivity contribution in [2.75, 3.05) is 59.4 Å². The highest BCUT2D eigenvalue weighted by Crippen LogP contribution is 2.13. The van der Waals surface area contributed by atoms with Gasteiger partial charge in [0.1, 0.15) is 0 Å². The molecule has 1 aliphatic rings. The number of hydrogen-bond acceptors (Lipinski definition) is 6. The van der Waals surface area contributed by atoms with Crippen molar-refractivity contribution in [1.82, 2.24) is 5.32 Å². The van der Waals surface area contributed by atoms with Gasteiger partial charge in [0.15, 0.2) is 6.29 Å². The fraction of sp³-hybridized carbons (Fsp3) is 1.00. The van der Waals surface area contributed by atoms with E-state index in [-0.39, 0.29) is 6.29 Å². The Morgan fingerprint density at radius 3 is 2.14 bits per heavy atom. The molecular formula is C16H33NO5. The summed E-state index contributed by atoms with van der Waals surface area (Å²) in [6.45, 7) is 10.2. The van der Waals surface area contributed by atoms with Gasteiger partial charge in [-0.25, -0.2) is 0 Å². The molecule has 0 aromatic carbocycles. The highest BCUT2D eigenvalue weighted by atomic mass is 16.7. The number of rotatable bonds is 14. The second-order valence-corrected chi connectivity index (χ2v) is 5.61. The second kappa shape index (κ2) is 14.4. The zero-order valence-corrected chi connectivity index (χ0v) is 14.2. The predicted molar refractivity (Wildman–Crippen MR) is 85.1 cm³/mol. The summed E-state index contributed by atoms with van der Waals surface area (Å²) in [4.78, 5) is 0. The van der Waals surface area contributed by atoms with Gasteiger partial charge in [0.25, 0.3) is 0 Å². The monoisotopic (exact) mass is 319 g/mol. The molecule has 0 amide bonds. The summed E-state index contributed by atoms with van der Waals surface area (Å²) in [5.41, 5.74) is 0. The molecule has 0 aliphatic carbocycles. The molecule has 22 heavy (non-hydrogen) atoms. The molecule has 0 radical (unpaired) electrons. The van der Waals surface area contributed by atoms with Crippen LogP contribution in [0.25, 0.3) is 0 Å². The Kier molecular flexibility index (Phi) is 12.9. The van der Waals surface area contributed by atoms with Crippen LogP contribution in [0.3, 0.4) is 0 Å². The van der Waals surface area contributed by atoms with Crippen LogP contribution >= 0.6 is 0 Å². The SMILES string of the molecule is CC(C)NCCOCCOCCOCCOC1CCCCO1. The lowest BCUT2D eigenvalue weighted by molar-refractivity contribution is -0.169. The Labute approximate surface area is 134 Å². The molecule has 132 valence electrons. The molecular weight excluding hydrogens is 286 g/mol. The summed E-state index contributed by atoms with van der Waals surface area (Å²) >= 11 is 0. The lowest BCUT2D eigenvalue weighted by Crippen LogP contribution is -2.27. The molecule has 1 N–H and O–H groups in total. The van der Waals surface area contributed by atoms with Crippen LogP contribution in [0.4, 0.5) is 0 Å². The first-order valence-electron chi connectivity index (χ1n) is 8.49. The van der Waals surface area contributed by atoms with Gasteiger partial charge >= 0.3 is 0 Å². The standard InChI is InChI=1S/C16H33NO5/c1-15(2)17-6-8-18-9-10-19-11-12-20-13-14-22-16-5-3-4-7-21-16/h15-17H,3-14H2,1-2H3.